The molecule has 0 saturated carbocycles. The summed E-state index contributed by atoms with van der Waals surface area (Å²) in [5.74, 6) is 0.341. The predicted molar refractivity (Wildman–Crippen MR) is 116 cm³/mol. The van der Waals surface area contributed by atoms with Crippen molar-refractivity contribution in [2.75, 3.05) is 11.4 Å². The van der Waals surface area contributed by atoms with Crippen molar-refractivity contribution in [3.8, 4) is 0 Å². The summed E-state index contributed by atoms with van der Waals surface area (Å²) in [6.07, 6.45) is 0.952. The first-order chi connectivity index (χ1) is 14.1. The Bertz CT molecular complexity index is 1190. The molecule has 3 nitrogen and oxygen atoms in total. The molecule has 0 aliphatic carbocycles. The number of nitrogens with zero attached hydrogens (tertiary/aromatic N) is 3. The lowest BCUT2D eigenvalue weighted by atomic mass is 10.00. The van der Waals surface area contributed by atoms with E-state index in [1.807, 2.05) is 6.07 Å². The molecule has 0 spiro atoms. The van der Waals surface area contributed by atoms with Crippen LogP contribution in [0.3, 0.4) is 0 Å². The molecule has 3 heterocycles. The second-order valence-corrected chi connectivity index (χ2v) is 7.89. The van der Waals surface area contributed by atoms with E-state index in [1.54, 1.807) is 6.07 Å². The number of halogens is 1. The van der Waals surface area contributed by atoms with E-state index in [2.05, 4.69) is 76.8 Å². The second-order valence-electron chi connectivity index (χ2n) is 7.89. The molecule has 2 aromatic carbocycles. The number of pyridine rings is 1. The molecule has 0 fully saturated rings. The smallest absolute Gasteiger partial charge is 0.215 e. The van der Waals surface area contributed by atoms with Crippen LogP contribution in [0.4, 0.5) is 10.2 Å². The number of fused-ring (bicyclic) bond motifs is 2. The van der Waals surface area contributed by atoms with Gasteiger partial charge in [-0.2, -0.15) is 4.39 Å². The van der Waals surface area contributed by atoms with Gasteiger partial charge in [-0.15, -0.1) is 0 Å². The van der Waals surface area contributed by atoms with Gasteiger partial charge in [0.2, 0.25) is 5.95 Å². The SMILES string of the molecule is Cc1c(C)n(Cc2ccccc2)c2c(N3CCc4ccccc4C3)nc(F)cc12. The molecule has 1 aliphatic rings. The van der Waals surface area contributed by atoms with Crippen molar-refractivity contribution in [1.29, 1.82) is 0 Å². The molecule has 0 saturated heterocycles. The summed E-state index contributed by atoms with van der Waals surface area (Å²) in [5, 5.41) is 0.958. The summed E-state index contributed by atoms with van der Waals surface area (Å²) >= 11 is 0. The lowest BCUT2D eigenvalue weighted by Crippen LogP contribution is -2.31. The van der Waals surface area contributed by atoms with Gasteiger partial charge in [0.05, 0.1) is 5.52 Å². The van der Waals surface area contributed by atoms with Gasteiger partial charge in [0, 0.05) is 36.8 Å². The van der Waals surface area contributed by atoms with E-state index >= 15 is 0 Å². The van der Waals surface area contributed by atoms with Crippen LogP contribution in [0.1, 0.15) is 27.9 Å². The highest BCUT2D eigenvalue weighted by Crippen LogP contribution is 2.35. The van der Waals surface area contributed by atoms with Crippen molar-refractivity contribution >= 4 is 16.7 Å². The van der Waals surface area contributed by atoms with E-state index in [-0.39, 0.29) is 0 Å². The molecule has 0 amide bonds. The number of rotatable bonds is 3. The van der Waals surface area contributed by atoms with E-state index in [9.17, 15) is 4.39 Å². The normalized spacial score (nSPS) is 13.7. The zero-order valence-corrected chi connectivity index (χ0v) is 16.8. The van der Waals surface area contributed by atoms with Crippen LogP contribution in [0.2, 0.25) is 0 Å². The molecular weight excluding hydrogens is 361 g/mol. The zero-order chi connectivity index (χ0) is 20.0. The van der Waals surface area contributed by atoms with Crippen LogP contribution in [-0.2, 0) is 19.5 Å². The highest BCUT2D eigenvalue weighted by Gasteiger charge is 2.24. The third-order valence-electron chi connectivity index (χ3n) is 6.18. The number of anilines is 1. The highest BCUT2D eigenvalue weighted by molar-refractivity contribution is 5.93. The average molecular weight is 385 g/mol. The Hall–Kier alpha value is -3.14. The van der Waals surface area contributed by atoms with Crippen molar-refractivity contribution in [3.63, 3.8) is 0 Å². The quantitative estimate of drug-likeness (QED) is 0.440. The molecule has 0 radical (unpaired) electrons. The molecule has 4 aromatic rings. The minimum absolute atomic E-state index is 0.411. The molecule has 2 aromatic heterocycles. The molecule has 0 unspecified atom stereocenters. The van der Waals surface area contributed by atoms with Gasteiger partial charge in [0.15, 0.2) is 5.82 Å². The molecule has 29 heavy (non-hydrogen) atoms. The lowest BCUT2D eigenvalue weighted by Gasteiger charge is -2.30. The van der Waals surface area contributed by atoms with E-state index in [4.69, 9.17) is 0 Å². The Morgan fingerprint density at radius 3 is 2.48 bits per heavy atom. The summed E-state index contributed by atoms with van der Waals surface area (Å²) in [5.41, 5.74) is 7.22. The monoisotopic (exact) mass is 385 g/mol. The van der Waals surface area contributed by atoms with Crippen LogP contribution in [0, 0.1) is 19.8 Å². The van der Waals surface area contributed by atoms with Gasteiger partial charge in [-0.1, -0.05) is 54.6 Å². The van der Waals surface area contributed by atoms with E-state index in [0.717, 1.165) is 54.0 Å². The van der Waals surface area contributed by atoms with Crippen molar-refractivity contribution in [1.82, 2.24) is 9.55 Å². The summed E-state index contributed by atoms with van der Waals surface area (Å²) in [4.78, 5) is 6.62. The Morgan fingerprint density at radius 2 is 1.69 bits per heavy atom. The third kappa shape index (κ3) is 3.09. The number of aryl methyl sites for hydroxylation is 1. The maximum Gasteiger partial charge on any atom is 0.215 e. The summed E-state index contributed by atoms with van der Waals surface area (Å²) in [6.45, 7) is 6.55. The topological polar surface area (TPSA) is 21.1 Å². The Balaban J connectivity index is 1.66. The average Bonchev–Trinajstić information content (AvgIpc) is 2.98. The van der Waals surface area contributed by atoms with E-state index < -0.39 is 5.95 Å². The zero-order valence-electron chi connectivity index (χ0n) is 16.8. The number of hydrogen-bond donors (Lipinski definition) is 0. The fourth-order valence-electron chi connectivity index (χ4n) is 4.47. The van der Waals surface area contributed by atoms with Gasteiger partial charge in [-0.25, -0.2) is 4.98 Å². The first-order valence-electron chi connectivity index (χ1n) is 10.1. The number of aromatic nitrogens is 2. The fraction of sp³-hybridized carbons (Fsp3) is 0.240. The van der Waals surface area contributed by atoms with Gasteiger partial charge in [0.1, 0.15) is 0 Å². The van der Waals surface area contributed by atoms with Crippen LogP contribution >= 0.6 is 0 Å². The predicted octanol–water partition coefficient (Wildman–Crippen LogP) is 5.40. The summed E-state index contributed by atoms with van der Waals surface area (Å²) in [6, 6.07) is 20.5. The molecule has 0 bridgehead atoms. The summed E-state index contributed by atoms with van der Waals surface area (Å²) in [7, 11) is 0. The van der Waals surface area contributed by atoms with Crippen LogP contribution in [0.5, 0.6) is 0 Å². The third-order valence-corrected chi connectivity index (χ3v) is 6.18. The van der Waals surface area contributed by atoms with Crippen LogP contribution in [0.15, 0.2) is 60.7 Å². The molecule has 146 valence electrons. The standard InChI is InChI=1S/C25H24FN3/c1-17-18(2)29(15-19-8-4-3-5-9-19)24-22(17)14-23(26)27-25(24)28-13-12-20-10-6-7-11-21(20)16-28/h3-11,14H,12-13,15-16H2,1-2H3. The van der Waals surface area contributed by atoms with Crippen LogP contribution in [0.25, 0.3) is 10.9 Å². The van der Waals surface area contributed by atoms with Gasteiger partial charge >= 0.3 is 0 Å². The van der Waals surface area contributed by atoms with Crippen molar-refractivity contribution in [3.05, 3.63) is 94.6 Å². The maximum absolute atomic E-state index is 14.5. The lowest BCUT2D eigenvalue weighted by molar-refractivity contribution is 0.580. The number of benzene rings is 2. The number of hydrogen-bond acceptors (Lipinski definition) is 2. The molecule has 0 N–H and O–H groups in total. The van der Waals surface area contributed by atoms with Gasteiger partial charge in [-0.05, 0) is 42.5 Å². The summed E-state index contributed by atoms with van der Waals surface area (Å²) < 4.78 is 16.8. The Labute approximate surface area is 170 Å². The maximum atomic E-state index is 14.5. The van der Waals surface area contributed by atoms with Crippen molar-refractivity contribution in [2.45, 2.75) is 33.4 Å². The van der Waals surface area contributed by atoms with Crippen LogP contribution in [-0.4, -0.2) is 16.1 Å². The first-order valence-corrected chi connectivity index (χ1v) is 10.1. The Morgan fingerprint density at radius 1 is 0.966 bits per heavy atom. The largest absolute Gasteiger partial charge is 0.350 e. The molecule has 5 rings (SSSR count). The molecule has 4 heteroatoms. The van der Waals surface area contributed by atoms with E-state index in [1.165, 1.54) is 16.7 Å². The van der Waals surface area contributed by atoms with Crippen LogP contribution < -0.4 is 4.90 Å². The van der Waals surface area contributed by atoms with Gasteiger partial charge < -0.3 is 9.47 Å². The minimum Gasteiger partial charge on any atom is -0.350 e. The first kappa shape index (κ1) is 17.9. The van der Waals surface area contributed by atoms with Crippen molar-refractivity contribution in [2.24, 2.45) is 0 Å². The molecule has 0 atom stereocenters. The fourth-order valence-corrected chi connectivity index (χ4v) is 4.47. The van der Waals surface area contributed by atoms with Gasteiger partial charge in [-0.3, -0.25) is 0 Å². The molecular formula is C25H24FN3. The van der Waals surface area contributed by atoms with Gasteiger partial charge in [0.25, 0.3) is 0 Å². The van der Waals surface area contributed by atoms with E-state index in [0.29, 0.717) is 0 Å². The Kier molecular flexibility index (Phi) is 4.35. The van der Waals surface area contributed by atoms with Crippen molar-refractivity contribution < 1.29 is 4.39 Å². The molecule has 1 aliphatic heterocycles. The highest BCUT2D eigenvalue weighted by atomic mass is 19.1. The minimum atomic E-state index is -0.411. The second kappa shape index (κ2) is 7.03.